The van der Waals surface area contributed by atoms with Crippen molar-refractivity contribution in [3.8, 4) is 0 Å². The van der Waals surface area contributed by atoms with E-state index in [1.807, 2.05) is 54.6 Å². The minimum atomic E-state index is -0.116. The molecule has 5 heteroatoms. The molecule has 2 aromatic rings. The molecule has 2 N–H and O–H groups in total. The van der Waals surface area contributed by atoms with E-state index in [0.29, 0.717) is 23.8 Å². The standard InChI is InChI=1S/C23H28N2O2S/c26-22(24-15-18-9-3-1-4-10-18)17-28-21-14-8-7-13-20(21)23(27)25-16-19-11-5-2-6-12-19/h2,5-8,11-14,18H,1,3-4,9-10,15-17H2,(H,24,26)(H,25,27). The van der Waals surface area contributed by atoms with Crippen molar-refractivity contribution in [1.29, 1.82) is 0 Å². The molecule has 0 aromatic heterocycles. The Morgan fingerprint density at radius 2 is 1.61 bits per heavy atom. The van der Waals surface area contributed by atoms with Crippen LogP contribution in [0, 0.1) is 5.92 Å². The number of amides is 2. The van der Waals surface area contributed by atoms with Gasteiger partial charge in [0.2, 0.25) is 5.91 Å². The fraction of sp³-hybridized carbons (Fsp3) is 0.391. The third kappa shape index (κ3) is 6.41. The van der Waals surface area contributed by atoms with Crippen molar-refractivity contribution in [1.82, 2.24) is 10.6 Å². The molecule has 28 heavy (non-hydrogen) atoms. The minimum absolute atomic E-state index is 0.0371. The highest BCUT2D eigenvalue weighted by Crippen LogP contribution is 2.24. The molecule has 2 amide bonds. The molecule has 0 heterocycles. The lowest BCUT2D eigenvalue weighted by atomic mass is 9.89. The average Bonchev–Trinajstić information content (AvgIpc) is 2.76. The van der Waals surface area contributed by atoms with Gasteiger partial charge in [-0.25, -0.2) is 0 Å². The van der Waals surface area contributed by atoms with Crippen LogP contribution >= 0.6 is 11.8 Å². The van der Waals surface area contributed by atoms with Crippen LogP contribution in [0.1, 0.15) is 48.0 Å². The summed E-state index contributed by atoms with van der Waals surface area (Å²) < 4.78 is 0. The van der Waals surface area contributed by atoms with Crippen molar-refractivity contribution in [2.24, 2.45) is 5.92 Å². The molecule has 0 aliphatic heterocycles. The molecule has 1 fully saturated rings. The van der Waals surface area contributed by atoms with Crippen LogP contribution in [0.4, 0.5) is 0 Å². The Morgan fingerprint density at radius 1 is 0.893 bits per heavy atom. The van der Waals surface area contributed by atoms with Gasteiger partial charge in [0.05, 0.1) is 11.3 Å². The van der Waals surface area contributed by atoms with E-state index in [0.717, 1.165) is 17.0 Å². The lowest BCUT2D eigenvalue weighted by molar-refractivity contribution is -0.118. The maximum Gasteiger partial charge on any atom is 0.252 e. The van der Waals surface area contributed by atoms with Crippen molar-refractivity contribution in [2.75, 3.05) is 12.3 Å². The second-order valence-electron chi connectivity index (χ2n) is 7.26. The molecule has 0 unspecified atom stereocenters. The molecule has 0 radical (unpaired) electrons. The molecule has 1 aliphatic rings. The third-order valence-corrected chi connectivity index (χ3v) is 6.17. The van der Waals surface area contributed by atoms with Crippen molar-refractivity contribution >= 4 is 23.6 Å². The lowest BCUT2D eigenvalue weighted by Gasteiger charge is -2.21. The molecule has 0 saturated heterocycles. The summed E-state index contributed by atoms with van der Waals surface area (Å²) in [5.41, 5.74) is 1.67. The third-order valence-electron chi connectivity index (χ3n) is 5.10. The van der Waals surface area contributed by atoms with Crippen molar-refractivity contribution in [3.63, 3.8) is 0 Å². The first kappa shape index (κ1) is 20.5. The molecular formula is C23H28N2O2S. The van der Waals surface area contributed by atoms with Crippen LogP contribution in [0.15, 0.2) is 59.5 Å². The molecule has 1 aliphatic carbocycles. The van der Waals surface area contributed by atoms with Crippen LogP contribution < -0.4 is 10.6 Å². The van der Waals surface area contributed by atoms with Gasteiger partial charge < -0.3 is 10.6 Å². The SMILES string of the molecule is O=C(CSc1ccccc1C(=O)NCc1ccccc1)NCC1CCCCC1. The minimum Gasteiger partial charge on any atom is -0.355 e. The molecule has 1 saturated carbocycles. The largest absolute Gasteiger partial charge is 0.355 e. The maximum absolute atomic E-state index is 12.6. The van der Waals surface area contributed by atoms with Crippen molar-refractivity contribution in [2.45, 2.75) is 43.5 Å². The molecule has 4 nitrogen and oxygen atoms in total. The molecule has 3 rings (SSSR count). The first-order valence-corrected chi connectivity index (χ1v) is 11.0. The van der Waals surface area contributed by atoms with E-state index in [4.69, 9.17) is 0 Å². The number of rotatable bonds is 8. The van der Waals surface area contributed by atoms with Gasteiger partial charge in [-0.15, -0.1) is 11.8 Å². The van der Waals surface area contributed by atoms with E-state index in [2.05, 4.69) is 10.6 Å². The normalized spacial score (nSPS) is 14.4. The first-order valence-electron chi connectivity index (χ1n) is 10.0. The zero-order valence-electron chi connectivity index (χ0n) is 16.2. The lowest BCUT2D eigenvalue weighted by Crippen LogP contribution is -2.31. The number of thioether (sulfide) groups is 1. The van der Waals surface area contributed by atoms with E-state index in [-0.39, 0.29) is 11.8 Å². The predicted octanol–water partition coefficient (Wildman–Crippen LogP) is 4.41. The average molecular weight is 397 g/mol. The summed E-state index contributed by atoms with van der Waals surface area (Å²) in [6, 6.07) is 17.3. The summed E-state index contributed by atoms with van der Waals surface area (Å²) in [7, 11) is 0. The summed E-state index contributed by atoms with van der Waals surface area (Å²) in [6.07, 6.45) is 6.32. The quantitative estimate of drug-likeness (QED) is 0.650. The molecule has 0 spiro atoms. The van der Waals surface area contributed by atoms with Gasteiger partial charge in [-0.1, -0.05) is 61.7 Å². The van der Waals surface area contributed by atoms with Gasteiger partial charge in [0, 0.05) is 18.0 Å². The van der Waals surface area contributed by atoms with Crippen LogP contribution in [-0.2, 0) is 11.3 Å². The number of carbonyl (C=O) groups is 2. The number of hydrogen-bond donors (Lipinski definition) is 2. The second kappa shape index (κ2) is 10.9. The van der Waals surface area contributed by atoms with Gasteiger partial charge in [0.1, 0.15) is 0 Å². The molecule has 2 aromatic carbocycles. The van der Waals surface area contributed by atoms with E-state index in [1.165, 1.54) is 43.9 Å². The van der Waals surface area contributed by atoms with Crippen molar-refractivity contribution < 1.29 is 9.59 Å². The first-order chi connectivity index (χ1) is 13.7. The number of nitrogens with one attached hydrogen (secondary N) is 2. The van der Waals surface area contributed by atoms with E-state index >= 15 is 0 Å². The van der Waals surface area contributed by atoms with Gasteiger partial charge in [-0.3, -0.25) is 9.59 Å². The van der Waals surface area contributed by atoms with Crippen molar-refractivity contribution in [3.05, 3.63) is 65.7 Å². The Labute approximate surface area is 171 Å². The predicted molar refractivity (Wildman–Crippen MR) is 114 cm³/mol. The zero-order chi connectivity index (χ0) is 19.6. The van der Waals surface area contributed by atoms with Gasteiger partial charge in [0.25, 0.3) is 5.91 Å². The number of benzene rings is 2. The van der Waals surface area contributed by atoms with Crippen LogP contribution in [-0.4, -0.2) is 24.1 Å². The zero-order valence-corrected chi connectivity index (χ0v) is 17.0. The van der Waals surface area contributed by atoms with Crippen LogP contribution in [0.5, 0.6) is 0 Å². The summed E-state index contributed by atoms with van der Waals surface area (Å²) in [6.45, 7) is 1.26. The molecular weight excluding hydrogens is 368 g/mol. The highest BCUT2D eigenvalue weighted by Gasteiger charge is 2.15. The molecule has 0 bridgehead atoms. The van der Waals surface area contributed by atoms with E-state index in [9.17, 15) is 9.59 Å². The van der Waals surface area contributed by atoms with Gasteiger partial charge >= 0.3 is 0 Å². The Bertz CT molecular complexity index is 773. The maximum atomic E-state index is 12.6. The Hall–Kier alpha value is -2.27. The summed E-state index contributed by atoms with van der Waals surface area (Å²) >= 11 is 1.42. The van der Waals surface area contributed by atoms with Gasteiger partial charge in [-0.05, 0) is 36.5 Å². The summed E-state index contributed by atoms with van der Waals surface area (Å²) in [5.74, 6) is 0.874. The summed E-state index contributed by atoms with van der Waals surface area (Å²) in [5, 5.41) is 6.02. The Morgan fingerprint density at radius 3 is 2.39 bits per heavy atom. The Kier molecular flexibility index (Phi) is 7.97. The fourth-order valence-corrected chi connectivity index (χ4v) is 4.38. The van der Waals surface area contributed by atoms with Gasteiger partial charge in [0.15, 0.2) is 0 Å². The Balaban J connectivity index is 1.48. The van der Waals surface area contributed by atoms with E-state index < -0.39 is 0 Å². The number of hydrogen-bond acceptors (Lipinski definition) is 3. The van der Waals surface area contributed by atoms with Crippen LogP contribution in [0.25, 0.3) is 0 Å². The number of carbonyl (C=O) groups excluding carboxylic acids is 2. The molecule has 0 atom stereocenters. The highest BCUT2D eigenvalue weighted by atomic mass is 32.2. The second-order valence-corrected chi connectivity index (χ2v) is 8.28. The monoisotopic (exact) mass is 396 g/mol. The topological polar surface area (TPSA) is 58.2 Å². The fourth-order valence-electron chi connectivity index (χ4n) is 3.50. The van der Waals surface area contributed by atoms with Crippen LogP contribution in [0.2, 0.25) is 0 Å². The van der Waals surface area contributed by atoms with Gasteiger partial charge in [-0.2, -0.15) is 0 Å². The highest BCUT2D eigenvalue weighted by molar-refractivity contribution is 8.00. The smallest absolute Gasteiger partial charge is 0.252 e. The summed E-state index contributed by atoms with van der Waals surface area (Å²) in [4.78, 5) is 25.6. The molecule has 148 valence electrons. The van der Waals surface area contributed by atoms with Crippen LogP contribution in [0.3, 0.4) is 0 Å². The van der Waals surface area contributed by atoms with E-state index in [1.54, 1.807) is 0 Å².